The number of hydrogen-bond acceptors (Lipinski definition) is 5. The van der Waals surface area contributed by atoms with Crippen molar-refractivity contribution >= 4 is 23.2 Å². The first-order valence-electron chi connectivity index (χ1n) is 13.3. The molecule has 0 spiro atoms. The predicted molar refractivity (Wildman–Crippen MR) is 144 cm³/mol. The van der Waals surface area contributed by atoms with Crippen molar-refractivity contribution in [3.05, 3.63) is 53.6 Å². The standard InChI is InChI=1S/C29H40N4O3/c1-4-22-17-24(8-11-26(22)30)31-28(34)29(35)33-18-20(2)5-12-27(33)23-6-9-25(10-7-23)36-19-21-13-15-32(3)16-14-21/h6-11,17,20-21,27H,4-5,12-16,18-19,30H2,1-3H3,(H,31,34)/t20-,27+/m0/s1. The molecule has 0 saturated carbocycles. The fourth-order valence-electron chi connectivity index (χ4n) is 5.26. The van der Waals surface area contributed by atoms with Crippen molar-refractivity contribution in [2.24, 2.45) is 11.8 Å². The number of likely N-dealkylation sites (tertiary alicyclic amines) is 2. The largest absolute Gasteiger partial charge is 0.493 e. The summed E-state index contributed by atoms with van der Waals surface area (Å²) in [5, 5.41) is 2.78. The predicted octanol–water partition coefficient (Wildman–Crippen LogP) is 4.49. The maximum absolute atomic E-state index is 13.3. The monoisotopic (exact) mass is 492 g/mol. The summed E-state index contributed by atoms with van der Waals surface area (Å²) in [6.45, 7) is 7.69. The number of nitrogens with one attached hydrogen (secondary N) is 1. The van der Waals surface area contributed by atoms with Crippen LogP contribution in [0.15, 0.2) is 42.5 Å². The van der Waals surface area contributed by atoms with Gasteiger partial charge in [0, 0.05) is 17.9 Å². The highest BCUT2D eigenvalue weighted by Gasteiger charge is 2.34. The Morgan fingerprint density at radius 1 is 1.06 bits per heavy atom. The molecule has 0 bridgehead atoms. The molecule has 2 aliphatic heterocycles. The molecule has 4 rings (SSSR count). The average Bonchev–Trinajstić information content (AvgIpc) is 2.89. The second kappa shape index (κ2) is 11.8. The fraction of sp³-hybridized carbons (Fsp3) is 0.517. The molecule has 0 unspecified atom stereocenters. The first-order valence-corrected chi connectivity index (χ1v) is 13.3. The number of rotatable bonds is 6. The number of nitrogen functional groups attached to an aromatic ring is 1. The lowest BCUT2D eigenvalue weighted by Crippen LogP contribution is -2.46. The van der Waals surface area contributed by atoms with Gasteiger partial charge in [-0.3, -0.25) is 9.59 Å². The molecule has 3 N–H and O–H groups in total. The molecule has 0 radical (unpaired) electrons. The number of aryl methyl sites for hydroxylation is 1. The van der Waals surface area contributed by atoms with E-state index in [1.807, 2.05) is 37.3 Å². The highest BCUT2D eigenvalue weighted by molar-refractivity contribution is 6.39. The van der Waals surface area contributed by atoms with Crippen LogP contribution >= 0.6 is 0 Å². The molecule has 2 heterocycles. The van der Waals surface area contributed by atoms with Gasteiger partial charge in [0.05, 0.1) is 12.6 Å². The smallest absolute Gasteiger partial charge is 0.313 e. The molecule has 2 aromatic rings. The molecule has 194 valence electrons. The van der Waals surface area contributed by atoms with Gasteiger partial charge in [-0.25, -0.2) is 0 Å². The highest BCUT2D eigenvalue weighted by atomic mass is 16.5. The van der Waals surface area contributed by atoms with Gasteiger partial charge in [-0.15, -0.1) is 0 Å². The van der Waals surface area contributed by atoms with E-state index in [0.717, 1.165) is 55.8 Å². The van der Waals surface area contributed by atoms with Gasteiger partial charge in [0.1, 0.15) is 5.75 Å². The van der Waals surface area contributed by atoms with Gasteiger partial charge in [0.25, 0.3) is 0 Å². The molecule has 7 heteroatoms. The Balaban J connectivity index is 1.40. The third-order valence-electron chi connectivity index (χ3n) is 7.64. The van der Waals surface area contributed by atoms with Crippen LogP contribution in [-0.2, 0) is 16.0 Å². The van der Waals surface area contributed by atoms with E-state index in [0.29, 0.717) is 29.8 Å². The Morgan fingerprint density at radius 3 is 2.47 bits per heavy atom. The molecule has 7 nitrogen and oxygen atoms in total. The van der Waals surface area contributed by atoms with Crippen molar-refractivity contribution in [2.45, 2.75) is 52.0 Å². The zero-order chi connectivity index (χ0) is 25.7. The van der Waals surface area contributed by atoms with Gasteiger partial charge in [-0.05, 0) is 106 Å². The Bertz CT molecular complexity index is 1050. The van der Waals surface area contributed by atoms with E-state index >= 15 is 0 Å². The zero-order valence-corrected chi connectivity index (χ0v) is 21.8. The van der Waals surface area contributed by atoms with Crippen LogP contribution in [0, 0.1) is 11.8 Å². The summed E-state index contributed by atoms with van der Waals surface area (Å²) < 4.78 is 6.07. The van der Waals surface area contributed by atoms with Gasteiger partial charge in [0.15, 0.2) is 0 Å². The highest BCUT2D eigenvalue weighted by Crippen LogP contribution is 2.34. The Labute approximate surface area is 215 Å². The van der Waals surface area contributed by atoms with Crippen LogP contribution in [0.25, 0.3) is 0 Å². The van der Waals surface area contributed by atoms with Crippen molar-refractivity contribution in [1.29, 1.82) is 0 Å². The lowest BCUT2D eigenvalue weighted by Gasteiger charge is -2.38. The van der Waals surface area contributed by atoms with Gasteiger partial charge >= 0.3 is 11.8 Å². The molecule has 2 fully saturated rings. The SMILES string of the molecule is CCc1cc(NC(=O)C(=O)N2C[C@@H](C)CC[C@@H]2c2ccc(OCC3CCN(C)CC3)cc2)ccc1N. The lowest BCUT2D eigenvalue weighted by atomic mass is 9.89. The van der Waals surface area contributed by atoms with Crippen LogP contribution in [-0.4, -0.2) is 54.9 Å². The summed E-state index contributed by atoms with van der Waals surface area (Å²) in [5.41, 5.74) is 9.24. The van der Waals surface area contributed by atoms with Crippen molar-refractivity contribution < 1.29 is 14.3 Å². The number of carbonyl (C=O) groups is 2. The van der Waals surface area contributed by atoms with E-state index in [1.54, 1.807) is 17.0 Å². The molecule has 2 amide bonds. The number of hydrogen-bond donors (Lipinski definition) is 2. The van der Waals surface area contributed by atoms with Gasteiger partial charge in [-0.1, -0.05) is 26.0 Å². The van der Waals surface area contributed by atoms with E-state index in [4.69, 9.17) is 10.5 Å². The zero-order valence-electron chi connectivity index (χ0n) is 21.8. The molecular formula is C29H40N4O3. The minimum Gasteiger partial charge on any atom is -0.493 e. The molecule has 2 saturated heterocycles. The number of benzene rings is 2. The number of carbonyl (C=O) groups excluding carboxylic acids is 2. The summed E-state index contributed by atoms with van der Waals surface area (Å²) in [7, 11) is 2.17. The van der Waals surface area contributed by atoms with E-state index in [2.05, 4.69) is 24.2 Å². The topological polar surface area (TPSA) is 87.9 Å². The second-order valence-electron chi connectivity index (χ2n) is 10.5. The minimum atomic E-state index is -0.612. The molecule has 2 aliphatic rings. The average molecular weight is 493 g/mol. The summed E-state index contributed by atoms with van der Waals surface area (Å²) in [5.74, 6) is 0.690. The molecule has 36 heavy (non-hydrogen) atoms. The molecular weight excluding hydrogens is 452 g/mol. The van der Waals surface area contributed by atoms with Crippen molar-refractivity contribution in [2.75, 3.05) is 44.3 Å². The van der Waals surface area contributed by atoms with Crippen LogP contribution in [0.5, 0.6) is 5.75 Å². The maximum Gasteiger partial charge on any atom is 0.313 e. The first-order chi connectivity index (χ1) is 17.3. The third-order valence-corrected chi connectivity index (χ3v) is 7.64. The molecule has 0 aliphatic carbocycles. The Morgan fingerprint density at radius 2 is 1.78 bits per heavy atom. The van der Waals surface area contributed by atoms with Crippen molar-refractivity contribution in [3.8, 4) is 5.75 Å². The summed E-state index contributed by atoms with van der Waals surface area (Å²) >= 11 is 0. The van der Waals surface area contributed by atoms with Crippen LogP contribution in [0.3, 0.4) is 0 Å². The summed E-state index contributed by atoms with van der Waals surface area (Å²) in [4.78, 5) is 30.3. The number of anilines is 2. The van der Waals surface area contributed by atoms with E-state index in [-0.39, 0.29) is 6.04 Å². The lowest BCUT2D eigenvalue weighted by molar-refractivity contribution is -0.146. The normalized spacial score (nSPS) is 21.2. The molecule has 2 aromatic carbocycles. The van der Waals surface area contributed by atoms with Gasteiger partial charge in [-0.2, -0.15) is 0 Å². The number of amides is 2. The first kappa shape index (κ1) is 26.0. The number of nitrogens with zero attached hydrogens (tertiary/aromatic N) is 2. The van der Waals surface area contributed by atoms with Crippen molar-refractivity contribution in [3.63, 3.8) is 0 Å². The number of ether oxygens (including phenoxy) is 1. The second-order valence-corrected chi connectivity index (χ2v) is 10.5. The number of piperidine rings is 2. The fourth-order valence-corrected chi connectivity index (χ4v) is 5.26. The van der Waals surface area contributed by atoms with Crippen LogP contribution < -0.4 is 15.8 Å². The van der Waals surface area contributed by atoms with E-state index < -0.39 is 11.8 Å². The van der Waals surface area contributed by atoms with Crippen molar-refractivity contribution in [1.82, 2.24) is 9.80 Å². The quantitative estimate of drug-likeness (QED) is 0.458. The van der Waals surface area contributed by atoms with Crippen LogP contribution in [0.1, 0.15) is 56.7 Å². The van der Waals surface area contributed by atoms with Crippen LogP contribution in [0.4, 0.5) is 11.4 Å². The third kappa shape index (κ3) is 6.38. The van der Waals surface area contributed by atoms with Crippen LogP contribution in [0.2, 0.25) is 0 Å². The Kier molecular flexibility index (Phi) is 8.52. The number of nitrogens with two attached hydrogens (primary N) is 1. The summed E-state index contributed by atoms with van der Waals surface area (Å²) in [6.07, 6.45) is 4.95. The van der Waals surface area contributed by atoms with E-state index in [9.17, 15) is 9.59 Å². The minimum absolute atomic E-state index is 0.125. The maximum atomic E-state index is 13.3. The molecule has 0 aromatic heterocycles. The summed E-state index contributed by atoms with van der Waals surface area (Å²) in [6, 6.07) is 13.3. The molecule has 2 atom stereocenters. The van der Waals surface area contributed by atoms with Gasteiger partial charge in [0.2, 0.25) is 0 Å². The van der Waals surface area contributed by atoms with E-state index in [1.165, 1.54) is 12.8 Å². The van der Waals surface area contributed by atoms with Gasteiger partial charge < -0.3 is 25.6 Å². The Hall–Kier alpha value is -3.06.